The number of rotatable bonds is 7. The second kappa shape index (κ2) is 8.26. The van der Waals surface area contributed by atoms with Crippen molar-refractivity contribution in [2.75, 3.05) is 19.8 Å². The number of nitrogens with one attached hydrogen (secondary N) is 1. The number of carbonyl (C=O) groups excluding carboxylic acids is 1. The highest BCUT2D eigenvalue weighted by atomic mass is 127. The summed E-state index contributed by atoms with van der Waals surface area (Å²) in [5.41, 5.74) is 1.84. The number of benzene rings is 1. The van der Waals surface area contributed by atoms with Crippen molar-refractivity contribution in [1.82, 2.24) is 5.32 Å². The molecule has 0 unspecified atom stereocenters. The van der Waals surface area contributed by atoms with Crippen LogP contribution in [-0.4, -0.2) is 25.7 Å². The Morgan fingerprint density at radius 1 is 1.50 bits per heavy atom. The van der Waals surface area contributed by atoms with Crippen molar-refractivity contribution < 1.29 is 9.53 Å². The summed E-state index contributed by atoms with van der Waals surface area (Å²) < 4.78 is 6.33. The van der Waals surface area contributed by atoms with Crippen LogP contribution in [0, 0.1) is 10.5 Å². The van der Waals surface area contributed by atoms with Gasteiger partial charge in [0.2, 0.25) is 0 Å². The molecule has 0 bridgehead atoms. The van der Waals surface area contributed by atoms with Crippen molar-refractivity contribution in [3.05, 3.63) is 45.6 Å². The molecule has 0 spiro atoms. The van der Waals surface area contributed by atoms with E-state index in [0.29, 0.717) is 19.8 Å². The van der Waals surface area contributed by atoms with Gasteiger partial charge in [-0.05, 0) is 47.6 Å². The van der Waals surface area contributed by atoms with Gasteiger partial charge in [0.15, 0.2) is 0 Å². The Balaban J connectivity index is 2.37. The van der Waals surface area contributed by atoms with Crippen LogP contribution in [0.1, 0.15) is 22.3 Å². The van der Waals surface area contributed by atoms with E-state index in [1.807, 2.05) is 31.2 Å². The Labute approximate surface area is 122 Å². The average Bonchev–Trinajstić information content (AvgIpc) is 2.36. The summed E-state index contributed by atoms with van der Waals surface area (Å²) in [6.07, 6.45) is 2.65. The first-order valence-electron chi connectivity index (χ1n) is 5.88. The van der Waals surface area contributed by atoms with E-state index in [1.165, 1.54) is 0 Å². The van der Waals surface area contributed by atoms with Gasteiger partial charge in [0.25, 0.3) is 5.91 Å². The second-order valence-corrected chi connectivity index (χ2v) is 4.96. The Morgan fingerprint density at radius 3 is 3.00 bits per heavy atom. The van der Waals surface area contributed by atoms with E-state index in [2.05, 4.69) is 34.5 Å². The zero-order valence-corrected chi connectivity index (χ0v) is 12.7. The Morgan fingerprint density at radius 2 is 2.28 bits per heavy atom. The molecular formula is C14H18INO2. The fourth-order valence-electron chi connectivity index (χ4n) is 1.42. The SMILES string of the molecule is C=CCCOCCNC(=O)c1cccc(C)c1I. The minimum Gasteiger partial charge on any atom is -0.379 e. The molecule has 0 aliphatic heterocycles. The fourth-order valence-corrected chi connectivity index (χ4v) is 2.03. The molecule has 0 aliphatic carbocycles. The molecule has 3 nitrogen and oxygen atoms in total. The van der Waals surface area contributed by atoms with Crippen LogP contribution in [0.25, 0.3) is 0 Å². The first kappa shape index (κ1) is 15.2. The fraction of sp³-hybridized carbons (Fsp3) is 0.357. The van der Waals surface area contributed by atoms with Gasteiger partial charge < -0.3 is 10.1 Å². The summed E-state index contributed by atoms with van der Waals surface area (Å²) in [5, 5.41) is 2.85. The largest absolute Gasteiger partial charge is 0.379 e. The van der Waals surface area contributed by atoms with Crippen LogP contribution in [0.15, 0.2) is 30.9 Å². The zero-order chi connectivity index (χ0) is 13.4. The quantitative estimate of drug-likeness (QED) is 0.462. The van der Waals surface area contributed by atoms with E-state index in [9.17, 15) is 4.79 Å². The maximum atomic E-state index is 11.9. The molecule has 0 aliphatic rings. The maximum absolute atomic E-state index is 11.9. The minimum absolute atomic E-state index is 0.0459. The van der Waals surface area contributed by atoms with Crippen LogP contribution in [0.5, 0.6) is 0 Å². The zero-order valence-electron chi connectivity index (χ0n) is 10.5. The molecule has 1 rings (SSSR count). The van der Waals surface area contributed by atoms with Crippen molar-refractivity contribution in [2.24, 2.45) is 0 Å². The molecule has 0 saturated heterocycles. The number of amides is 1. The standard InChI is InChI=1S/C14H18INO2/c1-3-4-9-18-10-8-16-14(17)12-7-5-6-11(2)13(12)15/h3,5-7H,1,4,8-10H2,2H3,(H,16,17). The first-order chi connectivity index (χ1) is 8.66. The normalized spacial score (nSPS) is 10.1. The monoisotopic (exact) mass is 359 g/mol. The molecule has 0 saturated carbocycles. The Bertz CT molecular complexity index is 418. The van der Waals surface area contributed by atoms with Crippen molar-refractivity contribution >= 4 is 28.5 Å². The first-order valence-corrected chi connectivity index (χ1v) is 6.96. The lowest BCUT2D eigenvalue weighted by molar-refractivity contribution is 0.0917. The van der Waals surface area contributed by atoms with E-state index in [-0.39, 0.29) is 5.91 Å². The van der Waals surface area contributed by atoms with E-state index >= 15 is 0 Å². The number of hydrogen-bond acceptors (Lipinski definition) is 2. The van der Waals surface area contributed by atoms with Gasteiger partial charge in [-0.25, -0.2) is 0 Å². The minimum atomic E-state index is -0.0459. The third-order valence-corrected chi connectivity index (χ3v) is 3.87. The van der Waals surface area contributed by atoms with Crippen LogP contribution in [0.2, 0.25) is 0 Å². The molecule has 4 heteroatoms. The lowest BCUT2D eigenvalue weighted by atomic mass is 10.1. The maximum Gasteiger partial charge on any atom is 0.252 e. The number of hydrogen-bond donors (Lipinski definition) is 1. The van der Waals surface area contributed by atoms with Crippen LogP contribution >= 0.6 is 22.6 Å². The smallest absolute Gasteiger partial charge is 0.252 e. The summed E-state index contributed by atoms with van der Waals surface area (Å²) >= 11 is 2.20. The molecule has 1 aromatic rings. The molecule has 0 heterocycles. The Hall–Kier alpha value is -0.880. The summed E-state index contributed by atoms with van der Waals surface area (Å²) in [6.45, 7) is 7.32. The van der Waals surface area contributed by atoms with Crippen molar-refractivity contribution in [3.63, 3.8) is 0 Å². The third kappa shape index (κ3) is 4.78. The summed E-state index contributed by atoms with van der Waals surface area (Å²) in [4.78, 5) is 11.9. The summed E-state index contributed by atoms with van der Waals surface area (Å²) in [6, 6.07) is 5.73. The number of halogens is 1. The molecule has 18 heavy (non-hydrogen) atoms. The van der Waals surface area contributed by atoms with Crippen molar-refractivity contribution in [2.45, 2.75) is 13.3 Å². The third-order valence-electron chi connectivity index (χ3n) is 2.43. The van der Waals surface area contributed by atoms with Gasteiger partial charge in [-0.3, -0.25) is 4.79 Å². The molecule has 98 valence electrons. The van der Waals surface area contributed by atoms with Gasteiger partial charge >= 0.3 is 0 Å². The lowest BCUT2D eigenvalue weighted by Gasteiger charge is -2.08. The topological polar surface area (TPSA) is 38.3 Å². The van der Waals surface area contributed by atoms with Gasteiger partial charge in [0, 0.05) is 10.1 Å². The predicted molar refractivity (Wildman–Crippen MR) is 81.9 cm³/mol. The molecule has 0 radical (unpaired) electrons. The summed E-state index contributed by atoms with van der Waals surface area (Å²) in [7, 11) is 0. The van der Waals surface area contributed by atoms with E-state index in [4.69, 9.17) is 4.74 Å². The van der Waals surface area contributed by atoms with Crippen LogP contribution in [0.4, 0.5) is 0 Å². The van der Waals surface area contributed by atoms with Crippen molar-refractivity contribution in [1.29, 1.82) is 0 Å². The highest BCUT2D eigenvalue weighted by Crippen LogP contribution is 2.16. The number of aryl methyl sites for hydroxylation is 1. The van der Waals surface area contributed by atoms with Gasteiger partial charge in [-0.2, -0.15) is 0 Å². The van der Waals surface area contributed by atoms with Crippen LogP contribution < -0.4 is 5.32 Å². The highest BCUT2D eigenvalue weighted by Gasteiger charge is 2.10. The Kier molecular flexibility index (Phi) is 6.97. The molecule has 1 N–H and O–H groups in total. The number of carbonyl (C=O) groups is 1. The van der Waals surface area contributed by atoms with Gasteiger partial charge in [0.05, 0.1) is 18.8 Å². The molecule has 0 aromatic heterocycles. The molecular weight excluding hydrogens is 341 g/mol. The van der Waals surface area contributed by atoms with E-state index in [1.54, 1.807) is 0 Å². The van der Waals surface area contributed by atoms with Gasteiger partial charge in [-0.15, -0.1) is 6.58 Å². The van der Waals surface area contributed by atoms with Crippen LogP contribution in [0.3, 0.4) is 0 Å². The van der Waals surface area contributed by atoms with Crippen LogP contribution in [-0.2, 0) is 4.74 Å². The molecule has 1 aromatic carbocycles. The number of ether oxygens (including phenoxy) is 1. The highest BCUT2D eigenvalue weighted by molar-refractivity contribution is 14.1. The van der Waals surface area contributed by atoms with E-state index in [0.717, 1.165) is 21.1 Å². The second-order valence-electron chi connectivity index (χ2n) is 3.88. The van der Waals surface area contributed by atoms with E-state index < -0.39 is 0 Å². The average molecular weight is 359 g/mol. The lowest BCUT2D eigenvalue weighted by Crippen LogP contribution is -2.28. The summed E-state index contributed by atoms with van der Waals surface area (Å²) in [5.74, 6) is -0.0459. The predicted octanol–water partition coefficient (Wildman–Crippen LogP) is 2.92. The van der Waals surface area contributed by atoms with Gasteiger partial charge in [0.1, 0.15) is 0 Å². The van der Waals surface area contributed by atoms with Gasteiger partial charge in [-0.1, -0.05) is 18.2 Å². The van der Waals surface area contributed by atoms with Crippen molar-refractivity contribution in [3.8, 4) is 0 Å². The molecule has 1 amide bonds. The molecule has 0 fully saturated rings. The molecule has 0 atom stereocenters.